The van der Waals surface area contributed by atoms with Gasteiger partial charge in [0.25, 0.3) is 0 Å². The average Bonchev–Trinajstić information content (AvgIpc) is 2.66. The fourth-order valence-corrected chi connectivity index (χ4v) is 4.01. The van der Waals surface area contributed by atoms with Crippen molar-refractivity contribution in [3.63, 3.8) is 0 Å². The van der Waals surface area contributed by atoms with E-state index in [2.05, 4.69) is 0 Å². The molecule has 0 bridgehead atoms. The maximum absolute atomic E-state index is 11.9. The molecule has 0 saturated carbocycles. The van der Waals surface area contributed by atoms with Crippen LogP contribution in [0.4, 0.5) is 0 Å². The number of thiophene rings is 1. The normalized spacial score (nSPS) is 15.2. The molecule has 0 unspecified atom stereocenters. The minimum atomic E-state index is -0.958. The standard InChI is InChI=1S/C12H12O3S2/c1-16-12-11-7(3-2-4-8(11)13)9(17-12)5-6-10(14)15/h5-6H,2-4H2,1H3,(H,14,15). The Labute approximate surface area is 108 Å². The van der Waals surface area contributed by atoms with E-state index >= 15 is 0 Å². The van der Waals surface area contributed by atoms with Crippen LogP contribution in [0.15, 0.2) is 10.3 Å². The molecule has 0 spiro atoms. The van der Waals surface area contributed by atoms with Crippen LogP contribution >= 0.6 is 23.1 Å². The van der Waals surface area contributed by atoms with E-state index in [0.717, 1.165) is 39.1 Å². The number of fused-ring (bicyclic) bond motifs is 1. The van der Waals surface area contributed by atoms with Crippen LogP contribution in [0.5, 0.6) is 0 Å². The van der Waals surface area contributed by atoms with Gasteiger partial charge in [-0.05, 0) is 30.7 Å². The van der Waals surface area contributed by atoms with E-state index in [4.69, 9.17) is 5.11 Å². The number of carboxylic acid groups (broad SMARTS) is 1. The molecule has 90 valence electrons. The van der Waals surface area contributed by atoms with Gasteiger partial charge in [-0.3, -0.25) is 4.79 Å². The quantitative estimate of drug-likeness (QED) is 0.676. The summed E-state index contributed by atoms with van der Waals surface area (Å²) < 4.78 is 1.01. The maximum Gasteiger partial charge on any atom is 0.328 e. The third kappa shape index (κ3) is 2.45. The van der Waals surface area contributed by atoms with Gasteiger partial charge in [0.1, 0.15) is 0 Å². The Morgan fingerprint density at radius 3 is 2.88 bits per heavy atom. The Bertz CT molecular complexity index is 500. The van der Waals surface area contributed by atoms with Gasteiger partial charge in [0.05, 0.1) is 4.21 Å². The van der Waals surface area contributed by atoms with E-state index in [1.54, 1.807) is 17.8 Å². The van der Waals surface area contributed by atoms with Gasteiger partial charge in [0.15, 0.2) is 5.78 Å². The van der Waals surface area contributed by atoms with E-state index in [1.807, 2.05) is 6.26 Å². The molecule has 0 fully saturated rings. The number of ketones is 1. The summed E-state index contributed by atoms with van der Waals surface area (Å²) in [5.41, 5.74) is 1.87. The number of carboxylic acids is 1. The predicted octanol–water partition coefficient (Wildman–Crippen LogP) is 3.09. The van der Waals surface area contributed by atoms with Crippen molar-refractivity contribution in [2.75, 3.05) is 6.26 Å². The first kappa shape index (κ1) is 12.4. The highest BCUT2D eigenvalue weighted by atomic mass is 32.2. The van der Waals surface area contributed by atoms with E-state index in [9.17, 15) is 9.59 Å². The van der Waals surface area contributed by atoms with Crippen LogP contribution in [0.25, 0.3) is 6.08 Å². The topological polar surface area (TPSA) is 54.4 Å². The van der Waals surface area contributed by atoms with E-state index in [-0.39, 0.29) is 5.78 Å². The van der Waals surface area contributed by atoms with Gasteiger partial charge in [-0.1, -0.05) is 0 Å². The van der Waals surface area contributed by atoms with Gasteiger partial charge in [-0.2, -0.15) is 0 Å². The fraction of sp³-hybridized carbons (Fsp3) is 0.333. The highest BCUT2D eigenvalue weighted by Crippen LogP contribution is 2.39. The molecule has 0 amide bonds. The number of aliphatic carboxylic acids is 1. The van der Waals surface area contributed by atoms with Crippen LogP contribution in [0.2, 0.25) is 0 Å². The molecule has 17 heavy (non-hydrogen) atoms. The number of Topliss-reactive ketones (excluding diaryl/α,β-unsaturated/α-hetero) is 1. The van der Waals surface area contributed by atoms with Crippen molar-refractivity contribution < 1.29 is 14.7 Å². The van der Waals surface area contributed by atoms with Gasteiger partial charge < -0.3 is 5.11 Å². The molecule has 0 radical (unpaired) electrons. The minimum absolute atomic E-state index is 0.196. The Morgan fingerprint density at radius 2 is 2.24 bits per heavy atom. The smallest absolute Gasteiger partial charge is 0.328 e. The zero-order valence-corrected chi connectivity index (χ0v) is 11.0. The minimum Gasteiger partial charge on any atom is -0.478 e. The summed E-state index contributed by atoms with van der Waals surface area (Å²) in [4.78, 5) is 23.3. The number of hydrogen-bond acceptors (Lipinski definition) is 4. The monoisotopic (exact) mass is 268 g/mol. The van der Waals surface area contributed by atoms with Crippen LogP contribution in [0.3, 0.4) is 0 Å². The molecule has 0 aliphatic heterocycles. The number of thioether (sulfide) groups is 1. The molecule has 3 nitrogen and oxygen atoms in total. The summed E-state index contributed by atoms with van der Waals surface area (Å²) in [7, 11) is 0. The van der Waals surface area contributed by atoms with Crippen LogP contribution in [0, 0.1) is 0 Å². The van der Waals surface area contributed by atoms with Gasteiger partial charge in [-0.15, -0.1) is 23.1 Å². The lowest BCUT2D eigenvalue weighted by Crippen LogP contribution is -2.09. The van der Waals surface area contributed by atoms with Crippen molar-refractivity contribution >= 4 is 40.9 Å². The van der Waals surface area contributed by atoms with Crippen molar-refractivity contribution in [2.24, 2.45) is 0 Å². The summed E-state index contributed by atoms with van der Waals surface area (Å²) in [5.74, 6) is -0.762. The Kier molecular flexibility index (Phi) is 3.69. The van der Waals surface area contributed by atoms with E-state index in [0.29, 0.717) is 6.42 Å². The SMILES string of the molecule is CSc1sc(C=CC(=O)O)c2c1C(=O)CCC2. The predicted molar refractivity (Wildman–Crippen MR) is 70.0 cm³/mol. The average molecular weight is 268 g/mol. The highest BCUT2D eigenvalue weighted by Gasteiger charge is 2.25. The van der Waals surface area contributed by atoms with Crippen molar-refractivity contribution in [1.82, 2.24) is 0 Å². The molecule has 0 atom stereocenters. The molecule has 1 aromatic rings. The zero-order valence-electron chi connectivity index (χ0n) is 9.36. The molecule has 0 aromatic carbocycles. The second-order valence-corrected chi connectivity index (χ2v) is 5.89. The fourth-order valence-electron chi connectivity index (χ4n) is 1.97. The number of hydrogen-bond donors (Lipinski definition) is 1. The third-order valence-corrected chi connectivity index (χ3v) is 4.99. The first-order valence-corrected chi connectivity index (χ1v) is 7.31. The van der Waals surface area contributed by atoms with Crippen molar-refractivity contribution in [2.45, 2.75) is 23.5 Å². The van der Waals surface area contributed by atoms with E-state index < -0.39 is 5.97 Å². The molecule has 1 N–H and O–H groups in total. The number of carbonyl (C=O) groups is 2. The molecule has 1 aliphatic carbocycles. The van der Waals surface area contributed by atoms with Crippen LogP contribution in [-0.2, 0) is 11.2 Å². The van der Waals surface area contributed by atoms with Gasteiger partial charge in [-0.25, -0.2) is 4.79 Å². The number of carbonyl (C=O) groups excluding carboxylic acids is 1. The van der Waals surface area contributed by atoms with E-state index in [1.165, 1.54) is 11.3 Å². The second kappa shape index (κ2) is 5.06. The first-order chi connectivity index (χ1) is 8.13. The number of rotatable bonds is 3. The lowest BCUT2D eigenvalue weighted by Gasteiger charge is -2.11. The van der Waals surface area contributed by atoms with Crippen molar-refractivity contribution in [3.05, 3.63) is 22.1 Å². The van der Waals surface area contributed by atoms with Crippen LogP contribution < -0.4 is 0 Å². The molecule has 1 heterocycles. The first-order valence-electron chi connectivity index (χ1n) is 5.27. The van der Waals surface area contributed by atoms with Gasteiger partial charge >= 0.3 is 5.97 Å². The largest absolute Gasteiger partial charge is 0.478 e. The lowest BCUT2D eigenvalue weighted by molar-refractivity contribution is -0.131. The summed E-state index contributed by atoms with van der Waals surface area (Å²) in [6.07, 6.45) is 7.03. The van der Waals surface area contributed by atoms with Crippen molar-refractivity contribution in [3.8, 4) is 0 Å². The molecule has 2 rings (SSSR count). The third-order valence-electron chi connectivity index (χ3n) is 2.68. The summed E-state index contributed by atoms with van der Waals surface area (Å²) in [5, 5.41) is 8.64. The summed E-state index contributed by atoms with van der Waals surface area (Å²) in [6, 6.07) is 0. The summed E-state index contributed by atoms with van der Waals surface area (Å²) in [6.45, 7) is 0. The zero-order chi connectivity index (χ0) is 12.4. The molecular formula is C12H12O3S2. The molecule has 0 saturated heterocycles. The van der Waals surface area contributed by atoms with Crippen LogP contribution in [-0.4, -0.2) is 23.1 Å². The Hall–Kier alpha value is -1.07. The van der Waals surface area contributed by atoms with Gasteiger partial charge in [0, 0.05) is 22.9 Å². The maximum atomic E-state index is 11.9. The molecule has 1 aliphatic rings. The Balaban J connectivity index is 2.48. The second-order valence-electron chi connectivity index (χ2n) is 3.76. The summed E-state index contributed by atoms with van der Waals surface area (Å²) >= 11 is 3.07. The molecule has 5 heteroatoms. The Morgan fingerprint density at radius 1 is 1.47 bits per heavy atom. The van der Waals surface area contributed by atoms with Gasteiger partial charge in [0.2, 0.25) is 0 Å². The molecular weight excluding hydrogens is 256 g/mol. The van der Waals surface area contributed by atoms with Crippen LogP contribution in [0.1, 0.15) is 33.6 Å². The van der Waals surface area contributed by atoms with Crippen molar-refractivity contribution in [1.29, 1.82) is 0 Å². The lowest BCUT2D eigenvalue weighted by atomic mass is 9.92. The highest BCUT2D eigenvalue weighted by molar-refractivity contribution is 8.00. The molecule has 1 aromatic heterocycles.